The standard InChI is InChI=1S/C10H18N2OS/c1-8-6-12(4-3-11-8)10(13)9-2-5-14-7-9/h8-9,11H,2-7H2,1H3/t8-,9?/m1/s1. The Labute approximate surface area is 89.6 Å². The van der Waals surface area contributed by atoms with Gasteiger partial charge in [0.2, 0.25) is 5.91 Å². The molecule has 2 aliphatic heterocycles. The van der Waals surface area contributed by atoms with E-state index in [4.69, 9.17) is 0 Å². The number of thioether (sulfide) groups is 1. The normalized spacial score (nSPS) is 33.4. The van der Waals surface area contributed by atoms with E-state index < -0.39 is 0 Å². The molecular formula is C10H18N2OS. The smallest absolute Gasteiger partial charge is 0.226 e. The van der Waals surface area contributed by atoms with Crippen LogP contribution in [0.2, 0.25) is 0 Å². The molecule has 0 aromatic carbocycles. The lowest BCUT2D eigenvalue weighted by molar-refractivity contribution is -0.135. The number of carbonyl (C=O) groups is 1. The number of nitrogens with zero attached hydrogens (tertiary/aromatic N) is 1. The molecule has 14 heavy (non-hydrogen) atoms. The number of nitrogens with one attached hydrogen (secondary N) is 1. The van der Waals surface area contributed by atoms with Gasteiger partial charge in [0.1, 0.15) is 0 Å². The van der Waals surface area contributed by atoms with E-state index in [1.807, 2.05) is 16.7 Å². The molecule has 2 heterocycles. The minimum atomic E-state index is 0.310. The molecule has 80 valence electrons. The highest BCUT2D eigenvalue weighted by Gasteiger charge is 2.29. The van der Waals surface area contributed by atoms with Crippen molar-refractivity contribution in [1.82, 2.24) is 10.2 Å². The maximum atomic E-state index is 12.0. The Bertz CT molecular complexity index is 216. The summed E-state index contributed by atoms with van der Waals surface area (Å²) >= 11 is 1.91. The number of amides is 1. The summed E-state index contributed by atoms with van der Waals surface area (Å²) in [5, 5.41) is 3.36. The summed E-state index contributed by atoms with van der Waals surface area (Å²) in [6, 6.07) is 0.460. The third-order valence-corrected chi connectivity index (χ3v) is 4.12. The zero-order valence-electron chi connectivity index (χ0n) is 8.66. The Morgan fingerprint density at radius 1 is 1.57 bits per heavy atom. The Morgan fingerprint density at radius 2 is 2.43 bits per heavy atom. The Morgan fingerprint density at radius 3 is 3.07 bits per heavy atom. The van der Waals surface area contributed by atoms with Crippen LogP contribution in [0.5, 0.6) is 0 Å². The van der Waals surface area contributed by atoms with Gasteiger partial charge in [-0.25, -0.2) is 0 Å². The van der Waals surface area contributed by atoms with Gasteiger partial charge in [-0.1, -0.05) is 0 Å². The molecule has 0 radical (unpaired) electrons. The lowest BCUT2D eigenvalue weighted by atomic mass is 10.1. The summed E-state index contributed by atoms with van der Waals surface area (Å²) in [4.78, 5) is 14.1. The van der Waals surface area contributed by atoms with Gasteiger partial charge in [-0.2, -0.15) is 11.8 Å². The molecule has 2 atom stereocenters. The molecule has 4 heteroatoms. The molecule has 1 N–H and O–H groups in total. The molecular weight excluding hydrogens is 196 g/mol. The first kappa shape index (κ1) is 10.3. The zero-order valence-corrected chi connectivity index (χ0v) is 9.48. The monoisotopic (exact) mass is 214 g/mol. The van der Waals surface area contributed by atoms with Crippen LogP contribution >= 0.6 is 11.8 Å². The highest BCUT2D eigenvalue weighted by molar-refractivity contribution is 7.99. The van der Waals surface area contributed by atoms with Crippen molar-refractivity contribution in [3.8, 4) is 0 Å². The van der Waals surface area contributed by atoms with Crippen LogP contribution in [-0.4, -0.2) is 48.0 Å². The van der Waals surface area contributed by atoms with Crippen molar-refractivity contribution in [1.29, 1.82) is 0 Å². The van der Waals surface area contributed by atoms with Gasteiger partial charge in [-0.05, 0) is 19.1 Å². The second-order valence-electron chi connectivity index (χ2n) is 4.20. The van der Waals surface area contributed by atoms with Crippen molar-refractivity contribution in [3.63, 3.8) is 0 Å². The van der Waals surface area contributed by atoms with Crippen molar-refractivity contribution >= 4 is 17.7 Å². The largest absolute Gasteiger partial charge is 0.340 e. The van der Waals surface area contributed by atoms with Gasteiger partial charge in [0.25, 0.3) is 0 Å². The van der Waals surface area contributed by atoms with Crippen LogP contribution in [0, 0.1) is 5.92 Å². The van der Waals surface area contributed by atoms with Gasteiger partial charge >= 0.3 is 0 Å². The minimum Gasteiger partial charge on any atom is -0.340 e. The van der Waals surface area contributed by atoms with Crippen LogP contribution in [0.1, 0.15) is 13.3 Å². The zero-order chi connectivity index (χ0) is 9.97. The van der Waals surface area contributed by atoms with E-state index in [1.54, 1.807) is 0 Å². The van der Waals surface area contributed by atoms with Crippen molar-refractivity contribution < 1.29 is 4.79 Å². The van der Waals surface area contributed by atoms with E-state index in [0.717, 1.165) is 37.6 Å². The first-order valence-corrected chi connectivity index (χ1v) is 6.53. The van der Waals surface area contributed by atoms with Crippen LogP contribution in [0.15, 0.2) is 0 Å². The molecule has 2 aliphatic rings. The van der Waals surface area contributed by atoms with Crippen molar-refractivity contribution in [3.05, 3.63) is 0 Å². The third kappa shape index (κ3) is 2.23. The molecule has 0 saturated carbocycles. The lowest BCUT2D eigenvalue weighted by Crippen LogP contribution is -2.52. The number of hydrogen-bond donors (Lipinski definition) is 1. The number of piperazine rings is 1. The second-order valence-corrected chi connectivity index (χ2v) is 5.35. The molecule has 0 aromatic heterocycles. The molecule has 0 aliphatic carbocycles. The molecule has 0 bridgehead atoms. The molecule has 1 amide bonds. The van der Waals surface area contributed by atoms with Crippen LogP contribution in [-0.2, 0) is 4.79 Å². The van der Waals surface area contributed by atoms with Crippen molar-refractivity contribution in [2.45, 2.75) is 19.4 Å². The van der Waals surface area contributed by atoms with Gasteiger partial charge in [0.15, 0.2) is 0 Å². The number of hydrogen-bond acceptors (Lipinski definition) is 3. The van der Waals surface area contributed by atoms with Crippen molar-refractivity contribution in [2.75, 3.05) is 31.1 Å². The number of rotatable bonds is 1. The fraction of sp³-hybridized carbons (Fsp3) is 0.900. The van der Waals surface area contributed by atoms with E-state index in [1.165, 1.54) is 0 Å². The average Bonchev–Trinajstić information content (AvgIpc) is 2.69. The maximum absolute atomic E-state index is 12.0. The first-order chi connectivity index (χ1) is 6.77. The fourth-order valence-corrected chi connectivity index (χ4v) is 3.33. The molecule has 2 fully saturated rings. The summed E-state index contributed by atoms with van der Waals surface area (Å²) < 4.78 is 0. The van der Waals surface area contributed by atoms with Crippen LogP contribution in [0.25, 0.3) is 0 Å². The highest BCUT2D eigenvalue weighted by atomic mass is 32.2. The first-order valence-electron chi connectivity index (χ1n) is 5.37. The summed E-state index contributed by atoms with van der Waals surface area (Å²) in [6.07, 6.45) is 1.09. The predicted molar refractivity (Wildman–Crippen MR) is 59.5 cm³/mol. The SMILES string of the molecule is C[C@@H]1CN(C(=O)C2CCSC2)CCN1. The van der Waals surface area contributed by atoms with E-state index >= 15 is 0 Å². The number of carbonyl (C=O) groups excluding carboxylic acids is 1. The van der Waals surface area contributed by atoms with Gasteiger partial charge < -0.3 is 10.2 Å². The Balaban J connectivity index is 1.89. The summed E-state index contributed by atoms with van der Waals surface area (Å²) in [7, 11) is 0. The van der Waals surface area contributed by atoms with Crippen molar-refractivity contribution in [2.24, 2.45) is 5.92 Å². The topological polar surface area (TPSA) is 32.3 Å². The van der Waals surface area contributed by atoms with E-state index in [0.29, 0.717) is 17.9 Å². The quantitative estimate of drug-likeness (QED) is 0.692. The van der Waals surface area contributed by atoms with Gasteiger partial charge in [0.05, 0.1) is 0 Å². The van der Waals surface area contributed by atoms with Crippen LogP contribution < -0.4 is 5.32 Å². The van der Waals surface area contributed by atoms with E-state index in [9.17, 15) is 4.79 Å². The van der Waals surface area contributed by atoms with E-state index in [-0.39, 0.29) is 0 Å². The molecule has 0 aromatic rings. The molecule has 1 unspecified atom stereocenters. The molecule has 2 saturated heterocycles. The molecule has 2 rings (SSSR count). The molecule has 3 nitrogen and oxygen atoms in total. The summed E-state index contributed by atoms with van der Waals surface area (Å²) in [6.45, 7) is 4.87. The highest BCUT2D eigenvalue weighted by Crippen LogP contribution is 2.25. The summed E-state index contributed by atoms with van der Waals surface area (Å²) in [5.41, 5.74) is 0. The fourth-order valence-electron chi connectivity index (χ4n) is 2.12. The Kier molecular flexibility index (Phi) is 3.34. The predicted octanol–water partition coefficient (Wildman–Crippen LogP) is 0.560. The third-order valence-electron chi connectivity index (χ3n) is 2.96. The second kappa shape index (κ2) is 4.53. The Hall–Kier alpha value is -0.220. The van der Waals surface area contributed by atoms with Gasteiger partial charge in [-0.3, -0.25) is 4.79 Å². The molecule has 0 spiro atoms. The average molecular weight is 214 g/mol. The summed E-state index contributed by atoms with van der Waals surface area (Å²) in [5.74, 6) is 2.91. The van der Waals surface area contributed by atoms with Crippen LogP contribution in [0.4, 0.5) is 0 Å². The minimum absolute atomic E-state index is 0.310. The van der Waals surface area contributed by atoms with Gasteiger partial charge in [-0.15, -0.1) is 0 Å². The van der Waals surface area contributed by atoms with Gasteiger partial charge in [0, 0.05) is 37.3 Å². The maximum Gasteiger partial charge on any atom is 0.226 e. The van der Waals surface area contributed by atoms with E-state index in [2.05, 4.69) is 12.2 Å². The van der Waals surface area contributed by atoms with Crippen LogP contribution in [0.3, 0.4) is 0 Å². The lowest BCUT2D eigenvalue weighted by Gasteiger charge is -2.33.